The van der Waals surface area contributed by atoms with Gasteiger partial charge in [-0.15, -0.1) is 0 Å². The predicted octanol–water partition coefficient (Wildman–Crippen LogP) is 21.4. The van der Waals surface area contributed by atoms with Crippen molar-refractivity contribution in [3.8, 4) is 22.3 Å². The van der Waals surface area contributed by atoms with Crippen molar-refractivity contribution in [3.05, 3.63) is 315 Å². The van der Waals surface area contributed by atoms with Gasteiger partial charge in [0.1, 0.15) is 11.2 Å². The molecule has 3 heterocycles. The maximum Gasteiger partial charge on any atom is 0.252 e. The summed E-state index contributed by atoms with van der Waals surface area (Å²) in [5, 5.41) is 17.0. The van der Waals surface area contributed by atoms with Gasteiger partial charge in [0.2, 0.25) is 0 Å². The highest BCUT2D eigenvalue weighted by molar-refractivity contribution is 7.00. The first-order valence-corrected chi connectivity index (χ1v) is 30.8. The number of hydrogen-bond acceptors (Lipinski definition) is 4. The van der Waals surface area contributed by atoms with Crippen LogP contribution >= 0.6 is 0 Å². The Hall–Kier alpha value is -11.7. The Balaban J connectivity index is 0.958. The second kappa shape index (κ2) is 19.4. The molecule has 2 aliphatic rings. The van der Waals surface area contributed by atoms with Gasteiger partial charge in [0.25, 0.3) is 6.71 Å². The summed E-state index contributed by atoms with van der Waals surface area (Å²) in [6.07, 6.45) is 0. The molecule has 1 aromatic heterocycles. The van der Waals surface area contributed by atoms with E-state index in [2.05, 4.69) is 330 Å². The van der Waals surface area contributed by atoms with Gasteiger partial charge in [-0.2, -0.15) is 0 Å². The smallest absolute Gasteiger partial charge is 0.252 e. The first-order chi connectivity index (χ1) is 44.2. The van der Waals surface area contributed by atoms with Crippen LogP contribution in [0.5, 0.6) is 0 Å². The summed E-state index contributed by atoms with van der Waals surface area (Å²) in [5.41, 5.74) is 19.7. The highest BCUT2D eigenvalue weighted by atomic mass is 16.3. The van der Waals surface area contributed by atoms with Crippen molar-refractivity contribution in [1.29, 1.82) is 0 Å². The fourth-order valence-electron chi connectivity index (χ4n) is 15.3. The van der Waals surface area contributed by atoms with Crippen LogP contribution in [0.3, 0.4) is 0 Å². The van der Waals surface area contributed by atoms with E-state index in [-0.39, 0.29) is 6.71 Å². The van der Waals surface area contributed by atoms with Crippen molar-refractivity contribution in [2.75, 3.05) is 14.7 Å². The zero-order valence-electron chi connectivity index (χ0n) is 48.3. The largest absolute Gasteiger partial charge is 0.455 e. The fourth-order valence-corrected chi connectivity index (χ4v) is 15.3. The maximum atomic E-state index is 7.02. The number of anilines is 9. The van der Waals surface area contributed by atoms with Crippen LogP contribution in [0.15, 0.2) is 320 Å². The van der Waals surface area contributed by atoms with Crippen molar-refractivity contribution in [3.63, 3.8) is 0 Å². The second-order valence-electron chi connectivity index (χ2n) is 23.8. The van der Waals surface area contributed by atoms with E-state index in [1.165, 1.54) is 92.2 Å². The summed E-state index contributed by atoms with van der Waals surface area (Å²) in [6.45, 7) is -0.191. The van der Waals surface area contributed by atoms with Gasteiger partial charge in [0.05, 0.1) is 0 Å². The lowest BCUT2D eigenvalue weighted by Crippen LogP contribution is -2.61. The fraction of sp³-hybridized carbons (Fsp3) is 0. The molecule has 16 aromatic carbocycles. The van der Waals surface area contributed by atoms with E-state index < -0.39 is 0 Å². The van der Waals surface area contributed by atoms with Gasteiger partial charge in [-0.05, 0) is 183 Å². The SMILES string of the molecule is c1ccc(-c2ccc3c(c2)B2c4ccc(N(c5ccccc5)c5ccccc5)cc4N(c4ccc5c6ccccc6c6ccccc6c5c4)c4cc(-c5cccc6c5oc5ccccc56)cc(c42)N3c2ccc3c4ccccc4c4ccccc4c3c2)cc1. The van der Waals surface area contributed by atoms with E-state index in [0.29, 0.717) is 0 Å². The van der Waals surface area contributed by atoms with Crippen LogP contribution in [0, 0.1) is 0 Å². The van der Waals surface area contributed by atoms with Crippen LogP contribution in [0.1, 0.15) is 0 Å². The number of hydrogen-bond donors (Lipinski definition) is 0. The highest BCUT2D eigenvalue weighted by Crippen LogP contribution is 2.51. The average molecular weight is 1130 g/mol. The molecule has 0 radical (unpaired) electrons. The third kappa shape index (κ3) is 7.49. The topological polar surface area (TPSA) is 22.9 Å². The maximum absolute atomic E-state index is 7.02. The van der Waals surface area contributed by atoms with Crippen LogP contribution in [-0.4, -0.2) is 6.71 Å². The molecular weight excluding hydrogens is 1080 g/mol. The molecule has 0 bridgehead atoms. The molecule has 0 fully saturated rings. The first-order valence-electron chi connectivity index (χ1n) is 30.8. The molecule has 0 N–H and O–H groups in total. The average Bonchev–Trinajstić information content (AvgIpc) is 1.91. The van der Waals surface area contributed by atoms with E-state index >= 15 is 0 Å². The number of furan rings is 1. The van der Waals surface area contributed by atoms with Gasteiger partial charge in [0, 0.05) is 67.5 Å². The zero-order chi connectivity index (χ0) is 58.3. The minimum absolute atomic E-state index is 0.191. The summed E-state index contributed by atoms with van der Waals surface area (Å²) in [5.74, 6) is 0. The highest BCUT2D eigenvalue weighted by Gasteiger charge is 2.44. The molecule has 4 nitrogen and oxygen atoms in total. The van der Waals surface area contributed by atoms with Crippen molar-refractivity contribution < 1.29 is 4.42 Å². The Bertz CT molecular complexity index is 5670. The summed E-state index contributed by atoms with van der Waals surface area (Å²) in [7, 11) is 0. The van der Waals surface area contributed by atoms with E-state index in [9.17, 15) is 0 Å². The Labute approximate surface area is 514 Å². The van der Waals surface area contributed by atoms with Gasteiger partial charge < -0.3 is 19.1 Å². The van der Waals surface area contributed by atoms with Gasteiger partial charge in [-0.1, -0.05) is 231 Å². The molecule has 0 atom stereocenters. The molecular formula is C84H52BN3O. The first kappa shape index (κ1) is 49.6. The number of fused-ring (bicyclic) bond motifs is 19. The van der Waals surface area contributed by atoms with Crippen LogP contribution in [-0.2, 0) is 0 Å². The van der Waals surface area contributed by atoms with Crippen LogP contribution in [0.25, 0.3) is 109 Å². The molecule has 0 saturated heterocycles. The molecule has 17 aromatic rings. The lowest BCUT2D eigenvalue weighted by Gasteiger charge is -2.45. The molecule has 2 aliphatic heterocycles. The van der Waals surface area contributed by atoms with Gasteiger partial charge >= 0.3 is 0 Å². The molecule has 0 unspecified atom stereocenters. The Morgan fingerprint density at radius 1 is 0.258 bits per heavy atom. The van der Waals surface area contributed by atoms with E-state index in [1.807, 2.05) is 0 Å². The lowest BCUT2D eigenvalue weighted by molar-refractivity contribution is 0.670. The molecule has 0 aliphatic carbocycles. The van der Waals surface area contributed by atoms with Crippen molar-refractivity contribution in [1.82, 2.24) is 0 Å². The van der Waals surface area contributed by atoms with Crippen LogP contribution < -0.4 is 31.1 Å². The second-order valence-corrected chi connectivity index (χ2v) is 23.8. The number of rotatable bonds is 7. The minimum Gasteiger partial charge on any atom is -0.455 e. The van der Waals surface area contributed by atoms with Crippen LogP contribution in [0.2, 0.25) is 0 Å². The summed E-state index contributed by atoms with van der Waals surface area (Å²) >= 11 is 0. The number of benzene rings is 16. The standard InChI is InChI=1S/C84H52BN3O/c1-4-21-53(22-5-1)54-39-46-78-77(47-54)85-76-45-42-60(86(56-23-6-2-7-24-56)57-25-8-3-9-26-57)52-79(76)88(59-41-44-71-67-32-13-11-28-63(67)65-30-15-17-34-69(65)75(71)51-59)81-49-55(61-36-20-37-73-72-35-18-19-38-82(72)89-84(61)73)48-80(83(81)85)87(78)58-40-43-70-66-31-12-10-27-62(66)64-29-14-16-33-68(64)74(70)50-58/h1-52H. The Morgan fingerprint density at radius 2 is 0.719 bits per heavy atom. The molecule has 0 spiro atoms. The monoisotopic (exact) mass is 1130 g/mol. The molecule has 0 saturated carbocycles. The number of para-hydroxylation sites is 4. The lowest BCUT2D eigenvalue weighted by atomic mass is 9.33. The van der Waals surface area contributed by atoms with Gasteiger partial charge in [-0.25, -0.2) is 0 Å². The van der Waals surface area contributed by atoms with Crippen LogP contribution in [0.4, 0.5) is 51.2 Å². The Morgan fingerprint density at radius 3 is 1.27 bits per heavy atom. The molecule has 89 heavy (non-hydrogen) atoms. The minimum atomic E-state index is -0.191. The molecule has 412 valence electrons. The summed E-state index contributed by atoms with van der Waals surface area (Å²) < 4.78 is 7.02. The van der Waals surface area contributed by atoms with E-state index in [0.717, 1.165) is 84.3 Å². The molecule has 0 amide bonds. The zero-order valence-corrected chi connectivity index (χ0v) is 48.3. The van der Waals surface area contributed by atoms with E-state index in [1.54, 1.807) is 0 Å². The number of nitrogens with zero attached hydrogens (tertiary/aromatic N) is 3. The molecule has 19 rings (SSSR count). The van der Waals surface area contributed by atoms with Crippen molar-refractivity contribution in [2.24, 2.45) is 0 Å². The summed E-state index contributed by atoms with van der Waals surface area (Å²) in [6, 6.07) is 117. The Kier molecular flexibility index (Phi) is 10.8. The quantitative estimate of drug-likeness (QED) is 0.117. The third-order valence-corrected chi connectivity index (χ3v) is 19.1. The normalized spacial score (nSPS) is 12.7. The van der Waals surface area contributed by atoms with Gasteiger partial charge in [0.15, 0.2) is 0 Å². The van der Waals surface area contributed by atoms with E-state index in [4.69, 9.17) is 4.42 Å². The third-order valence-electron chi connectivity index (χ3n) is 19.1. The molecule has 5 heteroatoms. The summed E-state index contributed by atoms with van der Waals surface area (Å²) in [4.78, 5) is 7.57. The van der Waals surface area contributed by atoms with Crippen molar-refractivity contribution >= 4 is 161 Å². The van der Waals surface area contributed by atoms with Crippen molar-refractivity contribution in [2.45, 2.75) is 0 Å². The predicted molar refractivity (Wildman–Crippen MR) is 378 cm³/mol. The van der Waals surface area contributed by atoms with Gasteiger partial charge in [-0.3, -0.25) is 0 Å².